The molecule has 3 aromatic rings. The molecule has 0 spiro atoms. The van der Waals surface area contributed by atoms with Gasteiger partial charge in [-0.15, -0.1) is 4.68 Å². The van der Waals surface area contributed by atoms with Crippen molar-refractivity contribution in [2.24, 2.45) is 5.92 Å². The highest BCUT2D eigenvalue weighted by atomic mass is 16.5. The van der Waals surface area contributed by atoms with E-state index in [4.69, 9.17) is 20.3 Å². The van der Waals surface area contributed by atoms with Crippen LogP contribution in [0.2, 0.25) is 0 Å². The number of carbonyl (C=O) groups excluding carboxylic acids is 1. The lowest BCUT2D eigenvalue weighted by Gasteiger charge is -2.21. The van der Waals surface area contributed by atoms with E-state index in [2.05, 4.69) is 31.0 Å². The lowest BCUT2D eigenvalue weighted by Crippen LogP contribution is -2.42. The van der Waals surface area contributed by atoms with Gasteiger partial charge in [0.15, 0.2) is 12.3 Å². The number of hydrogen-bond donors (Lipinski definition) is 2. The highest BCUT2D eigenvalue weighted by Crippen LogP contribution is 2.30. The van der Waals surface area contributed by atoms with Gasteiger partial charge in [-0.05, 0) is 67.7 Å². The maximum absolute atomic E-state index is 13.3. The van der Waals surface area contributed by atoms with E-state index in [9.17, 15) is 4.79 Å². The van der Waals surface area contributed by atoms with Gasteiger partial charge in [0.1, 0.15) is 5.75 Å². The van der Waals surface area contributed by atoms with Crippen molar-refractivity contribution in [2.75, 3.05) is 25.6 Å². The Morgan fingerprint density at radius 2 is 1.97 bits per heavy atom. The minimum atomic E-state index is -0.160. The molecule has 1 saturated carbocycles. The number of hydrogen-bond acceptors (Lipinski definition) is 7. The summed E-state index contributed by atoms with van der Waals surface area (Å²) < 4.78 is 14.7. The van der Waals surface area contributed by atoms with Crippen molar-refractivity contribution in [1.82, 2.24) is 14.7 Å². The fourth-order valence-electron chi connectivity index (χ4n) is 3.73. The number of Topliss-reactive ketones (excluding diaryl/α,β-unsaturated/α-hetero) is 1. The first-order valence-electron chi connectivity index (χ1n) is 12.3. The van der Waals surface area contributed by atoms with Crippen LogP contribution in [-0.2, 0) is 12.0 Å². The molecule has 9 nitrogen and oxygen atoms in total. The predicted octanol–water partition coefficient (Wildman–Crippen LogP) is 3.03. The van der Waals surface area contributed by atoms with Crippen molar-refractivity contribution in [3.05, 3.63) is 41.0 Å². The Morgan fingerprint density at radius 3 is 2.66 bits per heavy atom. The van der Waals surface area contributed by atoms with Crippen LogP contribution >= 0.6 is 0 Å². The molecule has 0 saturated heterocycles. The number of fused-ring (bicyclic) bond motifs is 1. The molecule has 4 rings (SSSR count). The first-order valence-corrected chi connectivity index (χ1v) is 12.3. The molecule has 2 heterocycles. The van der Waals surface area contributed by atoms with Crippen LogP contribution in [-0.4, -0.2) is 45.4 Å². The summed E-state index contributed by atoms with van der Waals surface area (Å²) in [4.78, 5) is 13.3. The summed E-state index contributed by atoms with van der Waals surface area (Å²) in [5.74, 6) is 1.90. The third-order valence-electron chi connectivity index (χ3n) is 6.16. The van der Waals surface area contributed by atoms with Gasteiger partial charge in [-0.3, -0.25) is 10.5 Å². The molecule has 2 aromatic heterocycles. The topological polar surface area (TPSA) is 116 Å². The Kier molecular flexibility index (Phi) is 7.25. The normalized spacial score (nSPS) is 13.9. The van der Waals surface area contributed by atoms with Crippen LogP contribution in [0.3, 0.4) is 0 Å². The molecule has 0 aliphatic heterocycles. The standard InChI is InChI=1S/C26H35N5O4/c1-17-11-23(35-16-18-7-8-18)28-31-24(17)29-30(25(31)27)15-22(33)19-12-20(26(2,3)4)14-21(13-19)34-10-6-5-9-32/h11-14,18,27,32H,5-10,15-16H2,1-4H3/p+1. The number of benzene rings is 1. The minimum Gasteiger partial charge on any atom is -0.494 e. The van der Waals surface area contributed by atoms with Gasteiger partial charge in [0, 0.05) is 23.8 Å². The van der Waals surface area contributed by atoms with Gasteiger partial charge < -0.3 is 14.6 Å². The molecule has 1 aliphatic rings. The molecule has 1 aliphatic carbocycles. The van der Waals surface area contributed by atoms with Crippen molar-refractivity contribution in [3.8, 4) is 11.6 Å². The highest BCUT2D eigenvalue weighted by molar-refractivity contribution is 5.95. The van der Waals surface area contributed by atoms with Crippen LogP contribution < -0.4 is 19.9 Å². The number of aryl methyl sites for hydroxylation is 1. The zero-order chi connectivity index (χ0) is 25.2. The maximum atomic E-state index is 13.3. The number of aromatic nitrogens is 4. The van der Waals surface area contributed by atoms with E-state index in [1.54, 1.807) is 6.07 Å². The van der Waals surface area contributed by atoms with E-state index in [-0.39, 0.29) is 30.3 Å². The number of aliphatic hydroxyl groups excluding tert-OH is 1. The van der Waals surface area contributed by atoms with Crippen LogP contribution in [0, 0.1) is 12.8 Å². The van der Waals surface area contributed by atoms with E-state index in [1.807, 2.05) is 25.1 Å². The Hall–Kier alpha value is -3.20. The summed E-state index contributed by atoms with van der Waals surface area (Å²) in [6, 6.07) is 7.49. The number of nitrogens with two attached hydrogens (primary N) is 1. The van der Waals surface area contributed by atoms with E-state index in [0.29, 0.717) is 48.4 Å². The van der Waals surface area contributed by atoms with Gasteiger partial charge in [0.25, 0.3) is 5.65 Å². The van der Waals surface area contributed by atoms with Gasteiger partial charge in [-0.2, -0.15) is 0 Å². The number of nitrogen functional groups attached to an aromatic ring is 1. The molecule has 1 aromatic carbocycles. The van der Waals surface area contributed by atoms with Crippen molar-refractivity contribution < 1.29 is 24.1 Å². The number of anilines is 1. The molecule has 0 atom stereocenters. The van der Waals surface area contributed by atoms with Crippen LogP contribution in [0.1, 0.15) is 67.9 Å². The van der Waals surface area contributed by atoms with Crippen molar-refractivity contribution in [1.29, 1.82) is 0 Å². The molecule has 1 fully saturated rings. The van der Waals surface area contributed by atoms with E-state index in [1.165, 1.54) is 22.0 Å². The summed E-state index contributed by atoms with van der Waals surface area (Å²) in [5.41, 5.74) is 9.19. The monoisotopic (exact) mass is 482 g/mol. The van der Waals surface area contributed by atoms with Gasteiger partial charge in [0.2, 0.25) is 5.88 Å². The Labute approximate surface area is 205 Å². The first kappa shape index (κ1) is 24.9. The van der Waals surface area contributed by atoms with Crippen LogP contribution in [0.25, 0.3) is 5.65 Å². The zero-order valence-corrected chi connectivity index (χ0v) is 21.1. The smallest absolute Gasteiger partial charge is 0.401 e. The molecule has 0 radical (unpaired) electrons. The molecule has 3 N–H and O–H groups in total. The molecule has 188 valence electrons. The number of unbranched alkanes of at least 4 members (excludes halogenated alkanes) is 1. The zero-order valence-electron chi connectivity index (χ0n) is 21.1. The molecule has 35 heavy (non-hydrogen) atoms. The molecule has 0 unspecified atom stereocenters. The number of carbonyl (C=O) groups is 1. The number of nitrogens with zero attached hydrogens (tertiary/aromatic N) is 4. The number of ether oxygens (including phenoxy) is 2. The van der Waals surface area contributed by atoms with Crippen LogP contribution in [0.5, 0.6) is 11.6 Å². The van der Waals surface area contributed by atoms with Crippen molar-refractivity contribution in [2.45, 2.75) is 65.3 Å². The Morgan fingerprint density at radius 1 is 1.20 bits per heavy atom. The number of ketones is 1. The second kappa shape index (κ2) is 10.2. The minimum absolute atomic E-state index is 0.0234. The average Bonchev–Trinajstić information content (AvgIpc) is 3.59. The molecular weight excluding hydrogens is 446 g/mol. The SMILES string of the molecule is Cc1cc(OCC2CC2)nn2c(N)[n+](CC(=O)c3cc(OCCCCO)cc(C(C)(C)C)c3)nc12. The fraction of sp³-hybridized carbons (Fsp3) is 0.538. The average molecular weight is 483 g/mol. The van der Waals surface area contributed by atoms with Crippen LogP contribution in [0.4, 0.5) is 5.95 Å². The molecule has 0 amide bonds. The van der Waals surface area contributed by atoms with Gasteiger partial charge in [-0.1, -0.05) is 35.5 Å². The first-order chi connectivity index (χ1) is 16.7. The quantitative estimate of drug-likeness (QED) is 0.245. The van der Waals surface area contributed by atoms with Crippen LogP contribution in [0.15, 0.2) is 24.3 Å². The second-order valence-corrected chi connectivity index (χ2v) is 10.4. The molecule has 9 heteroatoms. The second-order valence-electron chi connectivity index (χ2n) is 10.4. The number of rotatable bonds is 11. The summed E-state index contributed by atoms with van der Waals surface area (Å²) in [5, 5.41) is 18.0. The largest absolute Gasteiger partial charge is 0.494 e. The van der Waals surface area contributed by atoms with E-state index < -0.39 is 0 Å². The van der Waals surface area contributed by atoms with E-state index in [0.717, 1.165) is 17.5 Å². The lowest BCUT2D eigenvalue weighted by molar-refractivity contribution is -0.723. The third kappa shape index (κ3) is 6.08. The lowest BCUT2D eigenvalue weighted by atomic mass is 9.85. The van der Waals surface area contributed by atoms with E-state index >= 15 is 0 Å². The highest BCUT2D eigenvalue weighted by Gasteiger charge is 2.26. The van der Waals surface area contributed by atoms with Crippen molar-refractivity contribution in [3.63, 3.8) is 0 Å². The Balaban J connectivity index is 1.57. The van der Waals surface area contributed by atoms with Gasteiger partial charge >= 0.3 is 5.95 Å². The summed E-state index contributed by atoms with van der Waals surface area (Å²) >= 11 is 0. The molecule has 0 bridgehead atoms. The molecular formula is C26H36N5O4+. The van der Waals surface area contributed by atoms with Crippen molar-refractivity contribution >= 4 is 17.4 Å². The predicted molar refractivity (Wildman–Crippen MR) is 132 cm³/mol. The maximum Gasteiger partial charge on any atom is 0.401 e. The third-order valence-corrected chi connectivity index (χ3v) is 6.16. The summed E-state index contributed by atoms with van der Waals surface area (Å²) in [6.07, 6.45) is 3.81. The Bertz CT molecular complexity index is 1210. The fourth-order valence-corrected chi connectivity index (χ4v) is 3.73. The van der Waals surface area contributed by atoms with Gasteiger partial charge in [0.05, 0.1) is 13.2 Å². The summed E-state index contributed by atoms with van der Waals surface area (Å²) in [6.45, 7) is 9.45. The van der Waals surface area contributed by atoms with Gasteiger partial charge in [-0.25, -0.2) is 0 Å². The number of aliphatic hydroxyl groups is 1. The summed E-state index contributed by atoms with van der Waals surface area (Å²) in [7, 11) is 0.